The van der Waals surface area contributed by atoms with Crippen molar-refractivity contribution in [2.45, 2.75) is 59.6 Å². The van der Waals surface area contributed by atoms with Crippen LogP contribution in [0.25, 0.3) is 5.69 Å². The van der Waals surface area contributed by atoms with Crippen LogP contribution >= 0.6 is 24.0 Å². The third-order valence-corrected chi connectivity index (χ3v) is 5.62. The maximum atomic E-state index is 6.13. The molecule has 3 rings (SSSR count). The fraction of sp³-hybridized carbons (Fsp3) is 0.583. The van der Waals surface area contributed by atoms with Crippen LogP contribution in [0.15, 0.2) is 47.7 Å². The number of nitrogens with one attached hydrogen (secondary N) is 2. The number of nitrogens with zero attached hydrogens (tertiary/aromatic N) is 3. The molecule has 1 aliphatic heterocycles. The lowest BCUT2D eigenvalue weighted by Crippen LogP contribution is -2.43. The van der Waals surface area contributed by atoms with Gasteiger partial charge in [-0.25, -0.2) is 4.68 Å². The number of hydrogen-bond acceptors (Lipinski definition) is 3. The van der Waals surface area contributed by atoms with Gasteiger partial charge in [-0.1, -0.05) is 32.9 Å². The van der Waals surface area contributed by atoms with E-state index in [0.29, 0.717) is 5.92 Å². The highest BCUT2D eigenvalue weighted by Crippen LogP contribution is 2.34. The molecule has 1 aliphatic rings. The molecule has 0 saturated carbocycles. The zero-order valence-electron chi connectivity index (χ0n) is 19.5. The Kier molecular flexibility index (Phi) is 9.81. The monoisotopic (exact) mass is 539 g/mol. The number of halogens is 1. The molecule has 3 atom stereocenters. The Morgan fingerprint density at radius 3 is 2.81 bits per heavy atom. The van der Waals surface area contributed by atoms with Crippen LogP contribution < -0.4 is 10.6 Å². The van der Waals surface area contributed by atoms with E-state index in [4.69, 9.17) is 9.73 Å². The normalized spacial score (nSPS) is 20.6. The summed E-state index contributed by atoms with van der Waals surface area (Å²) in [5.74, 6) is 1.31. The molecule has 0 bridgehead atoms. The van der Waals surface area contributed by atoms with Crippen molar-refractivity contribution in [2.24, 2.45) is 16.3 Å². The van der Waals surface area contributed by atoms with Crippen LogP contribution in [0, 0.1) is 11.3 Å². The fourth-order valence-electron chi connectivity index (χ4n) is 4.16. The molecule has 0 spiro atoms. The van der Waals surface area contributed by atoms with Crippen molar-refractivity contribution in [3.8, 4) is 5.69 Å². The van der Waals surface area contributed by atoms with Crippen molar-refractivity contribution in [3.63, 3.8) is 0 Å². The van der Waals surface area contributed by atoms with Crippen LogP contribution in [0.3, 0.4) is 0 Å². The summed E-state index contributed by atoms with van der Waals surface area (Å²) in [7, 11) is 0. The van der Waals surface area contributed by atoms with Gasteiger partial charge in [-0.05, 0) is 55.9 Å². The van der Waals surface area contributed by atoms with E-state index in [0.717, 1.165) is 37.8 Å². The standard InChI is InChI=1S/C24H37N5O.HI/c1-6-25-23(26-17-20-11-8-15-30-22(20)24(3,4)5)28-18(2)19-10-7-12-21(16-19)29-14-9-13-27-29;/h7,9-10,12-14,16,18,20,22H,6,8,11,15,17H2,1-5H3,(H2,25,26,28);1H. The van der Waals surface area contributed by atoms with E-state index >= 15 is 0 Å². The second kappa shape index (κ2) is 11.9. The molecule has 0 aliphatic carbocycles. The lowest BCUT2D eigenvalue weighted by molar-refractivity contribution is -0.0823. The molecule has 2 N–H and O–H groups in total. The van der Waals surface area contributed by atoms with E-state index in [1.165, 1.54) is 12.0 Å². The molecule has 0 amide bonds. The molecule has 2 aromatic rings. The number of aromatic nitrogens is 2. The van der Waals surface area contributed by atoms with Crippen molar-refractivity contribution in [1.29, 1.82) is 0 Å². The first-order valence-corrected chi connectivity index (χ1v) is 11.1. The van der Waals surface area contributed by atoms with Gasteiger partial charge in [0.15, 0.2) is 5.96 Å². The summed E-state index contributed by atoms with van der Waals surface area (Å²) in [4.78, 5) is 4.94. The Bertz CT molecular complexity index is 816. The highest BCUT2D eigenvalue weighted by atomic mass is 127. The first kappa shape index (κ1) is 25.6. The Labute approximate surface area is 204 Å². The highest BCUT2D eigenvalue weighted by molar-refractivity contribution is 14.0. The van der Waals surface area contributed by atoms with Gasteiger partial charge in [0.05, 0.1) is 17.8 Å². The van der Waals surface area contributed by atoms with Gasteiger partial charge in [0.1, 0.15) is 0 Å². The fourth-order valence-corrected chi connectivity index (χ4v) is 4.16. The molecule has 6 nitrogen and oxygen atoms in total. The van der Waals surface area contributed by atoms with Gasteiger partial charge in [-0.2, -0.15) is 5.10 Å². The number of benzene rings is 1. The van der Waals surface area contributed by atoms with Crippen LogP contribution in [0.5, 0.6) is 0 Å². The van der Waals surface area contributed by atoms with Crippen molar-refractivity contribution in [2.75, 3.05) is 19.7 Å². The predicted molar refractivity (Wildman–Crippen MR) is 138 cm³/mol. The Balaban J connectivity index is 0.00000341. The van der Waals surface area contributed by atoms with E-state index in [1.54, 1.807) is 6.20 Å². The molecule has 1 saturated heterocycles. The maximum Gasteiger partial charge on any atom is 0.191 e. The maximum absolute atomic E-state index is 6.13. The smallest absolute Gasteiger partial charge is 0.191 e. The van der Waals surface area contributed by atoms with Crippen LogP contribution in [0.2, 0.25) is 0 Å². The number of guanidine groups is 1. The average molecular weight is 540 g/mol. The lowest BCUT2D eigenvalue weighted by atomic mass is 9.78. The average Bonchev–Trinajstić information content (AvgIpc) is 3.27. The van der Waals surface area contributed by atoms with Crippen LogP contribution in [0.4, 0.5) is 0 Å². The third kappa shape index (κ3) is 7.20. The minimum absolute atomic E-state index is 0. The summed E-state index contributed by atoms with van der Waals surface area (Å²) in [5, 5.41) is 11.3. The van der Waals surface area contributed by atoms with Crippen molar-refractivity contribution < 1.29 is 4.74 Å². The molecule has 0 radical (unpaired) electrons. The molecule has 172 valence electrons. The summed E-state index contributed by atoms with van der Waals surface area (Å²) in [6.07, 6.45) is 6.30. The number of rotatable bonds is 6. The molecule has 1 fully saturated rings. The van der Waals surface area contributed by atoms with Gasteiger partial charge >= 0.3 is 0 Å². The molecule has 31 heavy (non-hydrogen) atoms. The zero-order chi connectivity index (χ0) is 21.6. The van der Waals surface area contributed by atoms with E-state index in [2.05, 4.69) is 74.6 Å². The Morgan fingerprint density at radius 1 is 1.32 bits per heavy atom. The second-order valence-electron chi connectivity index (χ2n) is 9.19. The third-order valence-electron chi connectivity index (χ3n) is 5.62. The molecule has 3 unspecified atom stereocenters. The van der Waals surface area contributed by atoms with Gasteiger partial charge in [-0.3, -0.25) is 4.99 Å². The van der Waals surface area contributed by atoms with Gasteiger partial charge in [0, 0.05) is 38.0 Å². The van der Waals surface area contributed by atoms with Crippen molar-refractivity contribution in [1.82, 2.24) is 20.4 Å². The SMILES string of the molecule is CCNC(=NCC1CCCOC1C(C)(C)C)NC(C)c1cccc(-n2cccn2)c1.I. The summed E-state index contributed by atoms with van der Waals surface area (Å²) in [5.41, 5.74) is 2.38. The molecule has 1 aromatic carbocycles. The van der Waals surface area contributed by atoms with Gasteiger partial charge in [0.2, 0.25) is 0 Å². The summed E-state index contributed by atoms with van der Waals surface area (Å²) in [6, 6.07) is 10.5. The largest absolute Gasteiger partial charge is 0.377 e. The number of ether oxygens (including phenoxy) is 1. The van der Waals surface area contributed by atoms with E-state index < -0.39 is 0 Å². The topological polar surface area (TPSA) is 63.5 Å². The second-order valence-corrected chi connectivity index (χ2v) is 9.19. The van der Waals surface area contributed by atoms with Crippen LogP contribution in [-0.4, -0.2) is 41.5 Å². The van der Waals surface area contributed by atoms with Gasteiger partial charge < -0.3 is 15.4 Å². The van der Waals surface area contributed by atoms with Crippen LogP contribution in [0.1, 0.15) is 59.1 Å². The molecular weight excluding hydrogens is 501 g/mol. The molecule has 7 heteroatoms. The van der Waals surface area contributed by atoms with Crippen molar-refractivity contribution in [3.05, 3.63) is 48.3 Å². The van der Waals surface area contributed by atoms with E-state index in [9.17, 15) is 0 Å². The Morgan fingerprint density at radius 2 is 2.13 bits per heavy atom. The first-order chi connectivity index (χ1) is 14.4. The first-order valence-electron chi connectivity index (χ1n) is 11.1. The summed E-state index contributed by atoms with van der Waals surface area (Å²) < 4.78 is 8.01. The Hall–Kier alpha value is -1.61. The number of aliphatic imine (C=N–C) groups is 1. The molecule has 2 heterocycles. The highest BCUT2D eigenvalue weighted by Gasteiger charge is 2.35. The minimum atomic E-state index is 0. The zero-order valence-corrected chi connectivity index (χ0v) is 21.8. The van der Waals surface area contributed by atoms with Crippen molar-refractivity contribution >= 4 is 29.9 Å². The van der Waals surface area contributed by atoms with E-state index in [-0.39, 0.29) is 41.5 Å². The van der Waals surface area contributed by atoms with Crippen LogP contribution in [-0.2, 0) is 4.74 Å². The van der Waals surface area contributed by atoms with Gasteiger partial charge in [0.25, 0.3) is 0 Å². The predicted octanol–water partition coefficient (Wildman–Crippen LogP) is 4.95. The van der Waals surface area contributed by atoms with E-state index in [1.807, 2.05) is 16.9 Å². The quantitative estimate of drug-likeness (QED) is 0.310. The lowest BCUT2D eigenvalue weighted by Gasteiger charge is -2.39. The number of hydrogen-bond donors (Lipinski definition) is 2. The molecule has 1 aromatic heterocycles. The molecular formula is C24H38IN5O. The minimum Gasteiger partial charge on any atom is -0.377 e. The van der Waals surface area contributed by atoms with Gasteiger partial charge in [-0.15, -0.1) is 24.0 Å². The summed E-state index contributed by atoms with van der Waals surface area (Å²) in [6.45, 7) is 13.5. The summed E-state index contributed by atoms with van der Waals surface area (Å²) >= 11 is 0.